The molecule has 3 aromatic rings. The van der Waals surface area contributed by atoms with Crippen molar-refractivity contribution < 1.29 is 13.9 Å². The zero-order valence-corrected chi connectivity index (χ0v) is 17.1. The van der Waals surface area contributed by atoms with Gasteiger partial charge in [-0.15, -0.1) is 0 Å². The number of hydrogen-bond donors (Lipinski definition) is 0. The second kappa shape index (κ2) is 9.67. The summed E-state index contributed by atoms with van der Waals surface area (Å²) in [7, 11) is 1.67. The Morgan fingerprint density at radius 2 is 1.90 bits per heavy atom. The van der Waals surface area contributed by atoms with E-state index in [1.54, 1.807) is 31.6 Å². The first-order valence-electron chi connectivity index (χ1n) is 10.3. The van der Waals surface area contributed by atoms with Gasteiger partial charge in [0.05, 0.1) is 18.5 Å². The molecule has 0 spiro atoms. The van der Waals surface area contributed by atoms with Crippen molar-refractivity contribution in [1.29, 1.82) is 0 Å². The number of aromatic nitrogens is 2. The highest BCUT2D eigenvalue weighted by atomic mass is 19.1. The monoisotopic (exact) mass is 407 g/mol. The molecule has 0 aliphatic carbocycles. The first kappa shape index (κ1) is 20.3. The number of ether oxygens (including phenoxy) is 2. The van der Waals surface area contributed by atoms with Gasteiger partial charge in [-0.2, -0.15) is 0 Å². The van der Waals surface area contributed by atoms with Gasteiger partial charge in [0.25, 0.3) is 0 Å². The zero-order chi connectivity index (χ0) is 20.8. The molecule has 1 aliphatic heterocycles. The number of halogens is 1. The topological polar surface area (TPSA) is 47.5 Å². The quantitative estimate of drug-likeness (QED) is 0.575. The average molecular weight is 407 g/mol. The van der Waals surface area contributed by atoms with Gasteiger partial charge < -0.3 is 9.47 Å². The summed E-state index contributed by atoms with van der Waals surface area (Å²) in [5.74, 6) is 1.57. The molecule has 30 heavy (non-hydrogen) atoms. The number of rotatable bonds is 7. The molecule has 1 atom stereocenters. The maximum Gasteiger partial charge on any atom is 0.123 e. The van der Waals surface area contributed by atoms with Gasteiger partial charge in [-0.1, -0.05) is 12.1 Å². The molecule has 156 valence electrons. The lowest BCUT2D eigenvalue weighted by atomic mass is 9.91. The molecule has 2 heterocycles. The van der Waals surface area contributed by atoms with Gasteiger partial charge in [-0.25, -0.2) is 4.39 Å². The van der Waals surface area contributed by atoms with Crippen molar-refractivity contribution >= 4 is 0 Å². The normalized spacial score (nSPS) is 16.9. The van der Waals surface area contributed by atoms with Gasteiger partial charge >= 0.3 is 0 Å². The summed E-state index contributed by atoms with van der Waals surface area (Å²) in [6, 6.07) is 14.1. The molecule has 5 nitrogen and oxygen atoms in total. The van der Waals surface area contributed by atoms with Crippen molar-refractivity contribution in [3.8, 4) is 22.8 Å². The number of likely N-dealkylation sites (tertiary alicyclic amines) is 1. The number of benzene rings is 2. The summed E-state index contributed by atoms with van der Waals surface area (Å²) in [6.07, 6.45) is 5.71. The Bertz CT molecular complexity index is 965. The Labute approximate surface area is 176 Å². The Hall–Kier alpha value is -2.99. The zero-order valence-electron chi connectivity index (χ0n) is 17.1. The van der Waals surface area contributed by atoms with Crippen LogP contribution in [0, 0.1) is 5.82 Å². The van der Waals surface area contributed by atoms with E-state index in [-0.39, 0.29) is 5.82 Å². The van der Waals surface area contributed by atoms with Crippen LogP contribution in [0.3, 0.4) is 0 Å². The van der Waals surface area contributed by atoms with Gasteiger partial charge in [0.2, 0.25) is 0 Å². The maximum absolute atomic E-state index is 13.0. The summed E-state index contributed by atoms with van der Waals surface area (Å²) >= 11 is 0. The van der Waals surface area contributed by atoms with Crippen molar-refractivity contribution in [1.82, 2.24) is 14.9 Å². The van der Waals surface area contributed by atoms with Crippen molar-refractivity contribution in [2.75, 3.05) is 33.4 Å². The fourth-order valence-corrected chi connectivity index (χ4v) is 3.95. The third kappa shape index (κ3) is 4.94. The largest absolute Gasteiger partial charge is 0.497 e. The lowest BCUT2D eigenvalue weighted by Crippen LogP contribution is -2.37. The molecule has 4 rings (SSSR count). The Morgan fingerprint density at radius 3 is 2.73 bits per heavy atom. The summed E-state index contributed by atoms with van der Waals surface area (Å²) < 4.78 is 24.2. The number of hydrogen-bond acceptors (Lipinski definition) is 5. The molecule has 0 amide bonds. The first-order valence-corrected chi connectivity index (χ1v) is 10.3. The lowest BCUT2D eigenvalue weighted by molar-refractivity contribution is 0.169. The summed E-state index contributed by atoms with van der Waals surface area (Å²) in [4.78, 5) is 11.8. The van der Waals surface area contributed by atoms with Crippen LogP contribution in [-0.4, -0.2) is 48.2 Å². The molecule has 1 fully saturated rings. The van der Waals surface area contributed by atoms with Crippen LogP contribution in [0.1, 0.15) is 24.5 Å². The predicted octanol–water partition coefficient (Wildman–Crippen LogP) is 4.55. The third-order valence-corrected chi connectivity index (χ3v) is 5.45. The van der Waals surface area contributed by atoms with Crippen molar-refractivity contribution in [3.63, 3.8) is 0 Å². The number of methoxy groups -OCH3 is 1. The first-order chi connectivity index (χ1) is 14.7. The lowest BCUT2D eigenvalue weighted by Gasteiger charge is -2.32. The van der Waals surface area contributed by atoms with E-state index in [0.29, 0.717) is 18.3 Å². The summed E-state index contributed by atoms with van der Waals surface area (Å²) in [5.41, 5.74) is 2.98. The number of piperidine rings is 1. The standard InChI is InChI=1S/C24H26FN3O2/c1-29-22-6-2-4-18(16-22)23-24(27-12-11-26-23)19-5-3-13-28(17-19)14-15-30-21-9-7-20(25)8-10-21/h2,4,6-12,16,19H,3,5,13-15,17H2,1H3/t19-/m1/s1. The van der Waals surface area contributed by atoms with E-state index in [0.717, 1.165) is 55.2 Å². The van der Waals surface area contributed by atoms with Gasteiger partial charge in [-0.3, -0.25) is 14.9 Å². The van der Waals surface area contributed by atoms with Crippen molar-refractivity contribution in [2.24, 2.45) is 0 Å². The van der Waals surface area contributed by atoms with Gasteiger partial charge in [0.15, 0.2) is 0 Å². The number of nitrogens with zero attached hydrogens (tertiary/aromatic N) is 3. The van der Waals surface area contributed by atoms with Crippen LogP contribution < -0.4 is 9.47 Å². The maximum atomic E-state index is 13.0. The van der Waals surface area contributed by atoms with Crippen LogP contribution in [0.15, 0.2) is 60.9 Å². The van der Waals surface area contributed by atoms with Crippen LogP contribution in [0.4, 0.5) is 4.39 Å². The van der Waals surface area contributed by atoms with E-state index in [2.05, 4.69) is 9.88 Å². The molecule has 0 bridgehead atoms. The fraction of sp³-hybridized carbons (Fsp3) is 0.333. The second-order valence-electron chi connectivity index (χ2n) is 7.46. The Kier molecular flexibility index (Phi) is 6.54. The highest BCUT2D eigenvalue weighted by Gasteiger charge is 2.25. The minimum absolute atomic E-state index is 0.253. The summed E-state index contributed by atoms with van der Waals surface area (Å²) in [6.45, 7) is 3.35. The second-order valence-corrected chi connectivity index (χ2v) is 7.46. The van der Waals surface area contributed by atoms with Crippen LogP contribution >= 0.6 is 0 Å². The van der Waals surface area contributed by atoms with Crippen molar-refractivity contribution in [2.45, 2.75) is 18.8 Å². The molecule has 2 aromatic carbocycles. The van der Waals surface area contributed by atoms with E-state index in [4.69, 9.17) is 14.5 Å². The molecule has 1 aromatic heterocycles. The molecule has 0 radical (unpaired) electrons. The molecule has 0 unspecified atom stereocenters. The molecular formula is C24H26FN3O2. The highest BCUT2D eigenvalue weighted by Crippen LogP contribution is 2.32. The van der Waals surface area contributed by atoms with Crippen LogP contribution in [0.2, 0.25) is 0 Å². The van der Waals surface area contributed by atoms with E-state index < -0.39 is 0 Å². The Balaban J connectivity index is 1.42. The third-order valence-electron chi connectivity index (χ3n) is 5.45. The minimum Gasteiger partial charge on any atom is -0.497 e. The van der Waals surface area contributed by atoms with Crippen molar-refractivity contribution in [3.05, 3.63) is 72.4 Å². The molecular weight excluding hydrogens is 381 g/mol. The van der Waals surface area contributed by atoms with Crippen LogP contribution in [0.25, 0.3) is 11.3 Å². The van der Waals surface area contributed by atoms with E-state index in [1.165, 1.54) is 12.1 Å². The smallest absolute Gasteiger partial charge is 0.123 e. The van der Waals surface area contributed by atoms with Crippen LogP contribution in [-0.2, 0) is 0 Å². The molecule has 0 N–H and O–H groups in total. The Morgan fingerprint density at radius 1 is 1.07 bits per heavy atom. The minimum atomic E-state index is -0.253. The van der Waals surface area contributed by atoms with E-state index >= 15 is 0 Å². The van der Waals surface area contributed by atoms with E-state index in [9.17, 15) is 4.39 Å². The summed E-state index contributed by atoms with van der Waals surface area (Å²) in [5, 5.41) is 0. The average Bonchev–Trinajstić information content (AvgIpc) is 2.81. The predicted molar refractivity (Wildman–Crippen MR) is 114 cm³/mol. The van der Waals surface area contributed by atoms with Crippen LogP contribution in [0.5, 0.6) is 11.5 Å². The SMILES string of the molecule is COc1cccc(-c2nccnc2[C@@H]2CCCN(CCOc3ccc(F)cc3)C2)c1. The molecule has 6 heteroatoms. The van der Waals surface area contributed by atoms with Gasteiger partial charge in [-0.05, 0) is 55.8 Å². The van der Waals surface area contributed by atoms with E-state index in [1.807, 2.05) is 24.3 Å². The molecule has 1 aliphatic rings. The fourth-order valence-electron chi connectivity index (χ4n) is 3.95. The van der Waals surface area contributed by atoms with Gasteiger partial charge in [0.1, 0.15) is 23.9 Å². The molecule has 0 saturated carbocycles. The van der Waals surface area contributed by atoms with Gasteiger partial charge in [0, 0.05) is 37.0 Å². The molecule has 1 saturated heterocycles. The highest BCUT2D eigenvalue weighted by molar-refractivity contribution is 5.64.